The fraction of sp³-hybridized carbons (Fsp3) is 0.400. The Morgan fingerprint density at radius 1 is 1.33 bits per heavy atom. The first-order valence-electron chi connectivity index (χ1n) is 4.31. The van der Waals surface area contributed by atoms with E-state index in [2.05, 4.69) is 4.90 Å². The molecule has 0 bridgehead atoms. The molecule has 0 unspecified atom stereocenters. The van der Waals surface area contributed by atoms with Crippen LogP contribution in [0, 0.1) is 5.82 Å². The van der Waals surface area contributed by atoms with E-state index in [1.54, 1.807) is 12.1 Å². The summed E-state index contributed by atoms with van der Waals surface area (Å²) in [5.74, 6) is -0.131. The van der Waals surface area contributed by atoms with Gasteiger partial charge in [0.05, 0.1) is 0 Å². The van der Waals surface area contributed by atoms with Crippen molar-refractivity contribution in [3.8, 4) is 0 Å². The molecule has 64 valence electrons. The van der Waals surface area contributed by atoms with E-state index in [9.17, 15) is 4.39 Å². The topological polar surface area (TPSA) is 3.24 Å². The molecule has 1 aliphatic heterocycles. The Morgan fingerprint density at radius 2 is 2.17 bits per heavy atom. The molecule has 2 heteroatoms. The molecule has 0 aromatic heterocycles. The maximum absolute atomic E-state index is 12.7. The molecule has 1 aliphatic rings. The molecule has 0 radical (unpaired) electrons. The minimum Gasteiger partial charge on any atom is -0.299 e. The van der Waals surface area contributed by atoms with E-state index in [4.69, 9.17) is 0 Å². The summed E-state index contributed by atoms with van der Waals surface area (Å²) in [5, 5.41) is 0. The van der Waals surface area contributed by atoms with Crippen LogP contribution in [0.3, 0.4) is 0 Å². The SMILES string of the molecule is Fc1cccc(CN2CCC2)c1. The Labute approximate surface area is 71.8 Å². The van der Waals surface area contributed by atoms with Gasteiger partial charge in [-0.3, -0.25) is 4.90 Å². The molecule has 1 fully saturated rings. The summed E-state index contributed by atoms with van der Waals surface area (Å²) in [5.41, 5.74) is 1.08. The maximum Gasteiger partial charge on any atom is 0.123 e. The van der Waals surface area contributed by atoms with E-state index in [1.165, 1.54) is 12.5 Å². The summed E-state index contributed by atoms with van der Waals surface area (Å²) in [6, 6.07) is 6.84. The van der Waals surface area contributed by atoms with E-state index < -0.39 is 0 Å². The summed E-state index contributed by atoms with van der Waals surface area (Å²) >= 11 is 0. The normalized spacial score (nSPS) is 17.4. The average Bonchev–Trinajstić information content (AvgIpc) is 1.97. The quantitative estimate of drug-likeness (QED) is 0.648. The zero-order valence-corrected chi connectivity index (χ0v) is 6.96. The minimum atomic E-state index is -0.131. The van der Waals surface area contributed by atoms with Gasteiger partial charge in [0.25, 0.3) is 0 Å². The van der Waals surface area contributed by atoms with Crippen molar-refractivity contribution in [2.45, 2.75) is 13.0 Å². The van der Waals surface area contributed by atoms with Gasteiger partial charge >= 0.3 is 0 Å². The Kier molecular flexibility index (Phi) is 2.09. The predicted molar refractivity (Wildman–Crippen MR) is 46.3 cm³/mol. The van der Waals surface area contributed by atoms with Crippen molar-refractivity contribution in [2.75, 3.05) is 13.1 Å². The highest BCUT2D eigenvalue weighted by molar-refractivity contribution is 5.16. The zero-order valence-electron chi connectivity index (χ0n) is 6.96. The highest BCUT2D eigenvalue weighted by Gasteiger charge is 2.13. The molecular formula is C10H12FN. The van der Waals surface area contributed by atoms with Crippen molar-refractivity contribution in [3.05, 3.63) is 35.6 Å². The number of hydrogen-bond donors (Lipinski definition) is 0. The molecule has 0 aliphatic carbocycles. The first-order chi connectivity index (χ1) is 5.84. The summed E-state index contributed by atoms with van der Waals surface area (Å²) in [6.45, 7) is 3.23. The van der Waals surface area contributed by atoms with Gasteiger partial charge in [-0.05, 0) is 37.2 Å². The molecule has 0 amide bonds. The summed E-state index contributed by atoms with van der Waals surface area (Å²) in [4.78, 5) is 2.31. The highest BCUT2D eigenvalue weighted by atomic mass is 19.1. The van der Waals surface area contributed by atoms with Crippen molar-refractivity contribution in [1.82, 2.24) is 4.90 Å². The van der Waals surface area contributed by atoms with Gasteiger partial charge in [0, 0.05) is 6.54 Å². The van der Waals surface area contributed by atoms with Gasteiger partial charge in [0.15, 0.2) is 0 Å². The van der Waals surface area contributed by atoms with Gasteiger partial charge in [0.1, 0.15) is 5.82 Å². The monoisotopic (exact) mass is 165 g/mol. The first kappa shape index (κ1) is 7.74. The van der Waals surface area contributed by atoms with E-state index in [0.717, 1.165) is 25.2 Å². The molecule has 1 aromatic carbocycles. The second kappa shape index (κ2) is 3.23. The van der Waals surface area contributed by atoms with Crippen molar-refractivity contribution >= 4 is 0 Å². The average molecular weight is 165 g/mol. The second-order valence-corrected chi connectivity index (χ2v) is 3.26. The van der Waals surface area contributed by atoms with Crippen LogP contribution in [0.2, 0.25) is 0 Å². The van der Waals surface area contributed by atoms with Crippen molar-refractivity contribution in [3.63, 3.8) is 0 Å². The fourth-order valence-corrected chi connectivity index (χ4v) is 1.43. The lowest BCUT2D eigenvalue weighted by Crippen LogP contribution is -2.36. The number of likely N-dealkylation sites (tertiary alicyclic amines) is 1. The Balaban J connectivity index is 2.02. The molecule has 1 saturated heterocycles. The van der Waals surface area contributed by atoms with Gasteiger partial charge in [0.2, 0.25) is 0 Å². The van der Waals surface area contributed by atoms with Gasteiger partial charge in [-0.1, -0.05) is 12.1 Å². The molecule has 0 atom stereocenters. The van der Waals surface area contributed by atoms with Crippen LogP contribution in [-0.2, 0) is 6.54 Å². The third-order valence-corrected chi connectivity index (χ3v) is 2.24. The van der Waals surface area contributed by atoms with Crippen LogP contribution >= 0.6 is 0 Å². The lowest BCUT2D eigenvalue weighted by Gasteiger charge is -2.30. The van der Waals surface area contributed by atoms with Crippen LogP contribution in [0.15, 0.2) is 24.3 Å². The lowest BCUT2D eigenvalue weighted by atomic mass is 10.1. The van der Waals surface area contributed by atoms with Crippen LogP contribution in [0.25, 0.3) is 0 Å². The lowest BCUT2D eigenvalue weighted by molar-refractivity contribution is 0.172. The molecule has 1 heterocycles. The highest BCUT2D eigenvalue weighted by Crippen LogP contribution is 2.12. The number of nitrogens with zero attached hydrogens (tertiary/aromatic N) is 1. The Morgan fingerprint density at radius 3 is 2.75 bits per heavy atom. The summed E-state index contributed by atoms with van der Waals surface area (Å²) in [7, 11) is 0. The molecule has 0 N–H and O–H groups in total. The van der Waals surface area contributed by atoms with Crippen molar-refractivity contribution in [1.29, 1.82) is 0 Å². The molecule has 1 nitrogen and oxygen atoms in total. The summed E-state index contributed by atoms with van der Waals surface area (Å²) < 4.78 is 12.7. The van der Waals surface area contributed by atoms with Crippen LogP contribution in [0.4, 0.5) is 4.39 Å². The first-order valence-corrected chi connectivity index (χ1v) is 4.31. The van der Waals surface area contributed by atoms with E-state index in [0.29, 0.717) is 0 Å². The maximum atomic E-state index is 12.7. The van der Waals surface area contributed by atoms with E-state index >= 15 is 0 Å². The molecule has 2 rings (SSSR count). The smallest absolute Gasteiger partial charge is 0.123 e. The summed E-state index contributed by atoms with van der Waals surface area (Å²) in [6.07, 6.45) is 1.29. The molecule has 12 heavy (non-hydrogen) atoms. The largest absolute Gasteiger partial charge is 0.299 e. The van der Waals surface area contributed by atoms with Crippen LogP contribution in [0.5, 0.6) is 0 Å². The van der Waals surface area contributed by atoms with Crippen LogP contribution in [-0.4, -0.2) is 18.0 Å². The van der Waals surface area contributed by atoms with Gasteiger partial charge in [-0.2, -0.15) is 0 Å². The Bertz CT molecular complexity index is 268. The predicted octanol–water partition coefficient (Wildman–Crippen LogP) is 2.03. The Hall–Kier alpha value is -0.890. The van der Waals surface area contributed by atoms with Crippen LogP contribution in [0.1, 0.15) is 12.0 Å². The molecular weight excluding hydrogens is 153 g/mol. The third-order valence-electron chi connectivity index (χ3n) is 2.24. The standard InChI is InChI=1S/C10H12FN/c11-10-4-1-3-9(7-10)8-12-5-2-6-12/h1,3-4,7H,2,5-6,8H2. The zero-order chi connectivity index (χ0) is 8.39. The van der Waals surface area contributed by atoms with E-state index in [1.807, 2.05) is 6.07 Å². The van der Waals surface area contributed by atoms with Gasteiger partial charge in [-0.25, -0.2) is 4.39 Å². The second-order valence-electron chi connectivity index (χ2n) is 3.26. The van der Waals surface area contributed by atoms with Gasteiger partial charge in [-0.15, -0.1) is 0 Å². The molecule has 0 spiro atoms. The van der Waals surface area contributed by atoms with Crippen molar-refractivity contribution in [2.24, 2.45) is 0 Å². The van der Waals surface area contributed by atoms with Crippen molar-refractivity contribution < 1.29 is 4.39 Å². The van der Waals surface area contributed by atoms with Gasteiger partial charge < -0.3 is 0 Å². The number of halogens is 1. The minimum absolute atomic E-state index is 0.131. The number of benzene rings is 1. The van der Waals surface area contributed by atoms with Crippen LogP contribution < -0.4 is 0 Å². The fourth-order valence-electron chi connectivity index (χ4n) is 1.43. The number of hydrogen-bond acceptors (Lipinski definition) is 1. The molecule has 1 aromatic rings. The molecule has 0 saturated carbocycles. The number of rotatable bonds is 2. The van der Waals surface area contributed by atoms with E-state index in [-0.39, 0.29) is 5.82 Å². The third kappa shape index (κ3) is 1.64.